The Morgan fingerprint density at radius 3 is 2.65 bits per heavy atom. The van der Waals surface area contributed by atoms with E-state index in [1.165, 1.54) is 0 Å². The van der Waals surface area contributed by atoms with Crippen molar-refractivity contribution in [3.05, 3.63) is 28.2 Å². The first-order valence-electron chi connectivity index (χ1n) is 5.59. The van der Waals surface area contributed by atoms with Gasteiger partial charge in [0.15, 0.2) is 0 Å². The van der Waals surface area contributed by atoms with Gasteiger partial charge in [0, 0.05) is 23.7 Å². The molecule has 96 valence electrons. The Labute approximate surface area is 111 Å². The number of nitrogens with two attached hydrogens (primary N) is 1. The molecule has 1 aromatic rings. The molecule has 0 aliphatic rings. The quantitative estimate of drug-likeness (QED) is 0.879. The van der Waals surface area contributed by atoms with Crippen LogP contribution in [0.1, 0.15) is 18.9 Å². The van der Waals surface area contributed by atoms with Crippen LogP contribution in [-0.2, 0) is 11.2 Å². The van der Waals surface area contributed by atoms with E-state index >= 15 is 0 Å². The molecule has 0 saturated heterocycles. The van der Waals surface area contributed by atoms with Crippen LogP contribution in [0.5, 0.6) is 5.75 Å². The van der Waals surface area contributed by atoms with Gasteiger partial charge in [-0.3, -0.25) is 0 Å². The van der Waals surface area contributed by atoms with Crippen molar-refractivity contribution in [1.29, 1.82) is 0 Å². The number of rotatable bonds is 6. The molecule has 3 nitrogen and oxygen atoms in total. The third-order valence-corrected chi connectivity index (χ3v) is 3.21. The molecule has 1 aromatic carbocycles. The summed E-state index contributed by atoms with van der Waals surface area (Å²) >= 11 is 3.46. The number of ether oxygens (including phenoxy) is 2. The summed E-state index contributed by atoms with van der Waals surface area (Å²) < 4.78 is 11.5. The maximum atomic E-state index is 6.26. The molecule has 0 radical (unpaired) electrons. The maximum absolute atomic E-state index is 6.26. The molecule has 0 amide bonds. The van der Waals surface area contributed by atoms with Crippen molar-refractivity contribution < 1.29 is 9.47 Å². The number of methoxy groups -OCH3 is 2. The van der Waals surface area contributed by atoms with Crippen molar-refractivity contribution in [2.75, 3.05) is 20.8 Å². The van der Waals surface area contributed by atoms with Crippen LogP contribution in [0, 0.1) is 0 Å². The zero-order valence-corrected chi connectivity index (χ0v) is 12.2. The Morgan fingerprint density at radius 2 is 2.06 bits per heavy atom. The van der Waals surface area contributed by atoms with Gasteiger partial charge in [0.25, 0.3) is 0 Å². The van der Waals surface area contributed by atoms with E-state index in [9.17, 15) is 0 Å². The zero-order valence-electron chi connectivity index (χ0n) is 10.6. The first-order chi connectivity index (χ1) is 7.98. The molecule has 0 heterocycles. The van der Waals surface area contributed by atoms with Gasteiger partial charge in [0.1, 0.15) is 5.75 Å². The Balaban J connectivity index is 2.82. The monoisotopic (exact) mass is 301 g/mol. The molecule has 2 N–H and O–H groups in total. The van der Waals surface area contributed by atoms with Gasteiger partial charge in [-0.25, -0.2) is 0 Å². The van der Waals surface area contributed by atoms with E-state index in [1.807, 2.05) is 19.1 Å². The third-order valence-electron chi connectivity index (χ3n) is 2.71. The molecule has 1 atom stereocenters. The highest BCUT2D eigenvalue weighted by atomic mass is 79.9. The van der Waals surface area contributed by atoms with Crippen molar-refractivity contribution in [2.45, 2.75) is 25.3 Å². The zero-order chi connectivity index (χ0) is 12.9. The Kier molecular flexibility index (Phi) is 5.43. The molecule has 1 rings (SSSR count). The Hall–Kier alpha value is -0.580. The minimum absolute atomic E-state index is 0.288. The molecule has 0 bridgehead atoms. The largest absolute Gasteiger partial charge is 0.496 e. The van der Waals surface area contributed by atoms with Crippen molar-refractivity contribution in [3.8, 4) is 5.75 Å². The molecule has 0 spiro atoms. The lowest BCUT2D eigenvalue weighted by Gasteiger charge is -2.25. The van der Waals surface area contributed by atoms with Gasteiger partial charge in [0.2, 0.25) is 0 Å². The van der Waals surface area contributed by atoms with E-state index in [0.717, 1.165) is 28.6 Å². The molecule has 17 heavy (non-hydrogen) atoms. The van der Waals surface area contributed by atoms with Crippen molar-refractivity contribution >= 4 is 15.9 Å². The van der Waals surface area contributed by atoms with Crippen molar-refractivity contribution in [2.24, 2.45) is 5.73 Å². The van der Waals surface area contributed by atoms with Crippen LogP contribution < -0.4 is 10.5 Å². The molecule has 0 aliphatic carbocycles. The first kappa shape index (κ1) is 14.5. The average Bonchev–Trinajstić information content (AvgIpc) is 2.26. The number of halogens is 1. The van der Waals surface area contributed by atoms with Gasteiger partial charge in [-0.2, -0.15) is 0 Å². The predicted molar refractivity (Wildman–Crippen MR) is 73.5 cm³/mol. The summed E-state index contributed by atoms with van der Waals surface area (Å²) in [5, 5.41) is 0. The summed E-state index contributed by atoms with van der Waals surface area (Å²) in [6.07, 6.45) is 1.58. The highest BCUT2D eigenvalue weighted by molar-refractivity contribution is 9.10. The summed E-state index contributed by atoms with van der Waals surface area (Å²) in [7, 11) is 3.37. The van der Waals surface area contributed by atoms with E-state index in [-0.39, 0.29) is 5.54 Å². The van der Waals surface area contributed by atoms with Crippen molar-refractivity contribution in [3.63, 3.8) is 0 Å². The fourth-order valence-electron chi connectivity index (χ4n) is 1.74. The SMILES string of the molecule is COCCC(C)(N)Cc1cc(Br)ccc1OC. The lowest BCUT2D eigenvalue weighted by Crippen LogP contribution is -2.39. The van der Waals surface area contributed by atoms with Crippen LogP contribution >= 0.6 is 15.9 Å². The van der Waals surface area contributed by atoms with E-state index in [1.54, 1.807) is 14.2 Å². The van der Waals surface area contributed by atoms with Crippen LogP contribution in [0.3, 0.4) is 0 Å². The van der Waals surface area contributed by atoms with E-state index in [2.05, 4.69) is 22.0 Å². The third kappa shape index (κ3) is 4.66. The van der Waals surface area contributed by atoms with Gasteiger partial charge in [-0.1, -0.05) is 15.9 Å². The predicted octanol–water partition coefficient (Wildman–Crippen LogP) is 2.75. The summed E-state index contributed by atoms with van der Waals surface area (Å²) in [4.78, 5) is 0. The Bertz CT molecular complexity index is 366. The van der Waals surface area contributed by atoms with E-state index in [4.69, 9.17) is 15.2 Å². The second-order valence-corrected chi connectivity index (χ2v) is 5.45. The molecular formula is C13H20BrNO2. The standard InChI is InChI=1S/C13H20BrNO2/c1-13(15,6-7-16-2)9-10-8-11(14)4-5-12(10)17-3/h4-5,8H,6-7,9,15H2,1-3H3. The maximum Gasteiger partial charge on any atom is 0.122 e. The molecule has 4 heteroatoms. The highest BCUT2D eigenvalue weighted by Gasteiger charge is 2.20. The molecule has 0 fully saturated rings. The minimum Gasteiger partial charge on any atom is -0.496 e. The van der Waals surface area contributed by atoms with Gasteiger partial charge in [-0.05, 0) is 43.5 Å². The molecule has 0 aliphatic heterocycles. The van der Waals surface area contributed by atoms with Crippen LogP contribution in [0.4, 0.5) is 0 Å². The fourth-order valence-corrected chi connectivity index (χ4v) is 2.15. The smallest absolute Gasteiger partial charge is 0.122 e. The topological polar surface area (TPSA) is 44.5 Å². The van der Waals surface area contributed by atoms with Crippen molar-refractivity contribution in [1.82, 2.24) is 0 Å². The first-order valence-corrected chi connectivity index (χ1v) is 6.38. The second-order valence-electron chi connectivity index (χ2n) is 4.53. The molecule has 0 saturated carbocycles. The van der Waals surface area contributed by atoms with Gasteiger partial charge in [0.05, 0.1) is 7.11 Å². The number of benzene rings is 1. The average molecular weight is 302 g/mol. The number of hydrogen-bond acceptors (Lipinski definition) is 3. The summed E-state index contributed by atoms with van der Waals surface area (Å²) in [6.45, 7) is 2.70. The lowest BCUT2D eigenvalue weighted by atomic mass is 9.90. The Morgan fingerprint density at radius 1 is 1.35 bits per heavy atom. The fraction of sp³-hybridized carbons (Fsp3) is 0.538. The summed E-state index contributed by atoms with van der Waals surface area (Å²) in [5.74, 6) is 0.877. The summed E-state index contributed by atoms with van der Waals surface area (Å²) in [6, 6.07) is 5.97. The van der Waals surface area contributed by atoms with Gasteiger partial charge >= 0.3 is 0 Å². The molecule has 1 unspecified atom stereocenters. The van der Waals surface area contributed by atoms with Crippen LogP contribution in [0.15, 0.2) is 22.7 Å². The lowest BCUT2D eigenvalue weighted by molar-refractivity contribution is 0.171. The summed E-state index contributed by atoms with van der Waals surface area (Å²) in [5.41, 5.74) is 7.08. The molecule has 0 aromatic heterocycles. The van der Waals surface area contributed by atoms with Gasteiger partial charge < -0.3 is 15.2 Å². The molecular weight excluding hydrogens is 282 g/mol. The van der Waals surface area contributed by atoms with E-state index < -0.39 is 0 Å². The van der Waals surface area contributed by atoms with Crippen LogP contribution in [0.2, 0.25) is 0 Å². The highest BCUT2D eigenvalue weighted by Crippen LogP contribution is 2.27. The van der Waals surface area contributed by atoms with Crippen LogP contribution in [0.25, 0.3) is 0 Å². The van der Waals surface area contributed by atoms with Crippen LogP contribution in [-0.4, -0.2) is 26.4 Å². The minimum atomic E-state index is -0.288. The van der Waals surface area contributed by atoms with E-state index in [0.29, 0.717) is 6.61 Å². The number of hydrogen-bond donors (Lipinski definition) is 1. The van der Waals surface area contributed by atoms with Gasteiger partial charge in [-0.15, -0.1) is 0 Å². The second kappa shape index (κ2) is 6.38. The normalized spacial score (nSPS) is 14.4.